The molecule has 6 nitrogen and oxygen atoms in total. The summed E-state index contributed by atoms with van der Waals surface area (Å²) in [5.41, 5.74) is 11.3. The fourth-order valence-corrected chi connectivity index (χ4v) is 4.06. The molecule has 0 atom stereocenters. The third kappa shape index (κ3) is 4.81. The largest absolute Gasteiger partial charge is 0.397 e. The summed E-state index contributed by atoms with van der Waals surface area (Å²) in [7, 11) is 0. The standard InChI is InChI=1S/C28H25N5O/c29-26-15-13-22(20-7-2-1-3-8-20)17-27(26)30-28(34)16-14-24-19-33(32-31-24)18-23-11-6-10-21-9-4-5-12-25(21)23/h1-13,15,17,19H,14,16,18,29H2,(H,30,34). The summed E-state index contributed by atoms with van der Waals surface area (Å²) in [6.45, 7) is 0.628. The van der Waals surface area contributed by atoms with Crippen LogP contribution in [0.2, 0.25) is 0 Å². The first-order valence-electron chi connectivity index (χ1n) is 11.3. The Kier molecular flexibility index (Phi) is 6.03. The van der Waals surface area contributed by atoms with E-state index in [4.69, 9.17) is 5.73 Å². The highest BCUT2D eigenvalue weighted by Gasteiger charge is 2.10. The SMILES string of the molecule is Nc1ccc(-c2ccccc2)cc1NC(=O)CCc1cn(Cc2cccc3ccccc23)nn1. The van der Waals surface area contributed by atoms with Crippen molar-refractivity contribution in [2.75, 3.05) is 11.1 Å². The number of nitrogens with two attached hydrogens (primary N) is 1. The molecule has 0 saturated carbocycles. The van der Waals surface area contributed by atoms with E-state index in [0.717, 1.165) is 16.8 Å². The van der Waals surface area contributed by atoms with Crippen LogP contribution < -0.4 is 11.1 Å². The molecule has 1 amide bonds. The number of aryl methyl sites for hydroxylation is 1. The molecule has 5 rings (SSSR count). The molecule has 0 fully saturated rings. The zero-order valence-corrected chi connectivity index (χ0v) is 18.7. The van der Waals surface area contributed by atoms with Gasteiger partial charge in [0.05, 0.1) is 23.6 Å². The summed E-state index contributed by atoms with van der Waals surface area (Å²) in [6, 6.07) is 30.2. The van der Waals surface area contributed by atoms with Gasteiger partial charge in [0.15, 0.2) is 0 Å². The highest BCUT2D eigenvalue weighted by molar-refractivity contribution is 5.95. The van der Waals surface area contributed by atoms with Crippen molar-refractivity contribution in [3.05, 3.63) is 108 Å². The molecule has 0 saturated heterocycles. The summed E-state index contributed by atoms with van der Waals surface area (Å²) in [5.74, 6) is -0.111. The van der Waals surface area contributed by atoms with Gasteiger partial charge < -0.3 is 11.1 Å². The third-order valence-electron chi connectivity index (χ3n) is 5.84. The normalized spacial score (nSPS) is 10.9. The number of carbonyl (C=O) groups excluding carboxylic acids is 1. The number of anilines is 2. The smallest absolute Gasteiger partial charge is 0.224 e. The van der Waals surface area contributed by atoms with E-state index >= 15 is 0 Å². The number of amides is 1. The molecule has 0 unspecified atom stereocenters. The summed E-state index contributed by atoms with van der Waals surface area (Å²) in [5, 5.41) is 13.9. The number of aromatic nitrogens is 3. The van der Waals surface area contributed by atoms with Gasteiger partial charge in [0.2, 0.25) is 5.91 Å². The molecule has 1 heterocycles. The number of nitrogens with zero attached hydrogens (tertiary/aromatic N) is 3. The van der Waals surface area contributed by atoms with Crippen LogP contribution in [0.1, 0.15) is 17.7 Å². The molecule has 3 N–H and O–H groups in total. The van der Waals surface area contributed by atoms with Crippen LogP contribution >= 0.6 is 0 Å². The number of nitrogens with one attached hydrogen (secondary N) is 1. The van der Waals surface area contributed by atoms with Crippen molar-refractivity contribution in [3.8, 4) is 11.1 Å². The highest BCUT2D eigenvalue weighted by Crippen LogP contribution is 2.27. The lowest BCUT2D eigenvalue weighted by atomic mass is 10.0. The van der Waals surface area contributed by atoms with Gasteiger partial charge in [-0.2, -0.15) is 0 Å². The minimum atomic E-state index is -0.111. The number of hydrogen-bond donors (Lipinski definition) is 2. The topological polar surface area (TPSA) is 85.8 Å². The number of hydrogen-bond acceptors (Lipinski definition) is 4. The molecule has 0 spiro atoms. The monoisotopic (exact) mass is 447 g/mol. The first-order valence-corrected chi connectivity index (χ1v) is 11.3. The molecular weight excluding hydrogens is 422 g/mol. The summed E-state index contributed by atoms with van der Waals surface area (Å²) in [6.07, 6.45) is 2.70. The minimum Gasteiger partial charge on any atom is -0.397 e. The van der Waals surface area contributed by atoms with Crippen molar-refractivity contribution in [1.82, 2.24) is 15.0 Å². The van der Waals surface area contributed by atoms with E-state index in [1.807, 2.05) is 71.5 Å². The van der Waals surface area contributed by atoms with Gasteiger partial charge >= 0.3 is 0 Å². The van der Waals surface area contributed by atoms with E-state index in [1.165, 1.54) is 16.3 Å². The maximum absolute atomic E-state index is 12.6. The van der Waals surface area contributed by atoms with Crippen molar-refractivity contribution in [1.29, 1.82) is 0 Å². The molecule has 34 heavy (non-hydrogen) atoms. The molecule has 0 bridgehead atoms. The van der Waals surface area contributed by atoms with Crippen molar-refractivity contribution < 1.29 is 4.79 Å². The van der Waals surface area contributed by atoms with E-state index < -0.39 is 0 Å². The summed E-state index contributed by atoms with van der Waals surface area (Å²) < 4.78 is 1.82. The minimum absolute atomic E-state index is 0.111. The lowest BCUT2D eigenvalue weighted by Crippen LogP contribution is -2.13. The van der Waals surface area contributed by atoms with Gasteiger partial charge in [0.1, 0.15) is 0 Å². The average molecular weight is 448 g/mol. The Morgan fingerprint density at radius 3 is 2.56 bits per heavy atom. The first-order chi connectivity index (χ1) is 16.7. The van der Waals surface area contributed by atoms with E-state index in [0.29, 0.717) is 30.8 Å². The lowest BCUT2D eigenvalue weighted by Gasteiger charge is -2.10. The summed E-state index contributed by atoms with van der Waals surface area (Å²) in [4.78, 5) is 12.6. The Morgan fingerprint density at radius 2 is 1.68 bits per heavy atom. The van der Waals surface area contributed by atoms with Crippen LogP contribution in [0.5, 0.6) is 0 Å². The van der Waals surface area contributed by atoms with Crippen LogP contribution in [0.4, 0.5) is 11.4 Å². The van der Waals surface area contributed by atoms with Gasteiger partial charge in [0, 0.05) is 19.0 Å². The molecule has 1 aromatic heterocycles. The maximum Gasteiger partial charge on any atom is 0.224 e. The number of nitrogen functional groups attached to an aromatic ring is 1. The predicted molar refractivity (Wildman–Crippen MR) is 136 cm³/mol. The molecule has 5 aromatic rings. The van der Waals surface area contributed by atoms with Gasteiger partial charge in [-0.3, -0.25) is 4.79 Å². The Hall–Kier alpha value is -4.45. The second-order valence-corrected chi connectivity index (χ2v) is 8.26. The quantitative estimate of drug-likeness (QED) is 0.332. The van der Waals surface area contributed by atoms with Crippen LogP contribution in [-0.2, 0) is 17.8 Å². The van der Waals surface area contributed by atoms with Crippen LogP contribution in [0.3, 0.4) is 0 Å². The zero-order valence-electron chi connectivity index (χ0n) is 18.7. The van der Waals surface area contributed by atoms with Crippen LogP contribution in [0, 0.1) is 0 Å². The molecular formula is C28H25N5O. The Labute approximate surface area is 198 Å². The molecule has 0 radical (unpaired) electrons. The number of fused-ring (bicyclic) bond motifs is 1. The van der Waals surface area contributed by atoms with Crippen LogP contribution in [-0.4, -0.2) is 20.9 Å². The molecule has 6 heteroatoms. The van der Waals surface area contributed by atoms with Gasteiger partial charge in [-0.15, -0.1) is 5.10 Å². The van der Waals surface area contributed by atoms with E-state index in [2.05, 4.69) is 46.0 Å². The van der Waals surface area contributed by atoms with Gasteiger partial charge in [-0.05, 0) is 39.6 Å². The number of carbonyl (C=O) groups is 1. The molecule has 0 aliphatic carbocycles. The summed E-state index contributed by atoms with van der Waals surface area (Å²) >= 11 is 0. The highest BCUT2D eigenvalue weighted by atomic mass is 16.1. The number of rotatable bonds is 7. The first kappa shape index (κ1) is 21.4. The third-order valence-corrected chi connectivity index (χ3v) is 5.84. The fourth-order valence-electron chi connectivity index (χ4n) is 4.06. The Morgan fingerprint density at radius 1 is 0.882 bits per heavy atom. The number of benzene rings is 4. The van der Waals surface area contributed by atoms with Crippen LogP contribution in [0.15, 0.2) is 97.2 Å². The molecule has 4 aromatic carbocycles. The van der Waals surface area contributed by atoms with Gasteiger partial charge in [-0.1, -0.05) is 84.1 Å². The van der Waals surface area contributed by atoms with E-state index in [-0.39, 0.29) is 5.91 Å². The zero-order chi connectivity index (χ0) is 23.3. The van der Waals surface area contributed by atoms with Crippen molar-refractivity contribution in [3.63, 3.8) is 0 Å². The molecule has 0 aliphatic rings. The van der Waals surface area contributed by atoms with E-state index in [1.54, 1.807) is 0 Å². The maximum atomic E-state index is 12.6. The predicted octanol–water partition coefficient (Wildman–Crippen LogP) is 5.30. The lowest BCUT2D eigenvalue weighted by molar-refractivity contribution is -0.116. The second kappa shape index (κ2) is 9.58. The second-order valence-electron chi connectivity index (χ2n) is 8.26. The average Bonchev–Trinajstić information content (AvgIpc) is 3.32. The van der Waals surface area contributed by atoms with Gasteiger partial charge in [0.25, 0.3) is 0 Å². The van der Waals surface area contributed by atoms with Gasteiger partial charge in [-0.25, -0.2) is 4.68 Å². The Bertz CT molecular complexity index is 1440. The van der Waals surface area contributed by atoms with Crippen molar-refractivity contribution in [2.45, 2.75) is 19.4 Å². The molecule has 168 valence electrons. The van der Waals surface area contributed by atoms with Crippen molar-refractivity contribution in [2.24, 2.45) is 0 Å². The van der Waals surface area contributed by atoms with Crippen LogP contribution in [0.25, 0.3) is 21.9 Å². The van der Waals surface area contributed by atoms with E-state index in [9.17, 15) is 4.79 Å². The molecule has 0 aliphatic heterocycles. The Balaban J connectivity index is 1.21. The fraction of sp³-hybridized carbons (Fsp3) is 0.107. The van der Waals surface area contributed by atoms with Crippen molar-refractivity contribution >= 4 is 28.1 Å².